The van der Waals surface area contributed by atoms with Gasteiger partial charge in [-0.3, -0.25) is 15.0 Å². The van der Waals surface area contributed by atoms with E-state index in [9.17, 15) is 4.79 Å². The van der Waals surface area contributed by atoms with Gasteiger partial charge in [-0.15, -0.1) is 0 Å². The van der Waals surface area contributed by atoms with Gasteiger partial charge in [-0.2, -0.15) is 0 Å². The van der Waals surface area contributed by atoms with Gasteiger partial charge in [0, 0.05) is 12.4 Å². The lowest BCUT2D eigenvalue weighted by atomic mass is 10.2. The Kier molecular flexibility index (Phi) is 4.55. The second-order valence-electron chi connectivity index (χ2n) is 4.05. The third-order valence-electron chi connectivity index (χ3n) is 2.63. The molecule has 0 radical (unpaired) electrons. The number of ether oxygens (including phenoxy) is 1. The fraction of sp³-hybridized carbons (Fsp3) is 0.200. The maximum absolute atomic E-state index is 11.5. The predicted molar refractivity (Wildman–Crippen MR) is 76.4 cm³/mol. The fourth-order valence-corrected chi connectivity index (χ4v) is 1.58. The Balaban J connectivity index is 2.11. The number of aryl methyl sites for hydroxylation is 1. The number of carbonyl (C=O) groups is 1. The average Bonchev–Trinajstić information content (AvgIpc) is 2.47. The summed E-state index contributed by atoms with van der Waals surface area (Å²) in [5.74, 6) is -0.326. The van der Waals surface area contributed by atoms with Crippen LogP contribution in [0.15, 0.2) is 41.7 Å². The molecule has 0 aliphatic heterocycles. The summed E-state index contributed by atoms with van der Waals surface area (Å²) in [7, 11) is 0. The molecular weight excluding hydrogens is 254 g/mol. The highest BCUT2D eigenvalue weighted by atomic mass is 16.5. The summed E-state index contributed by atoms with van der Waals surface area (Å²) in [6, 6.07) is 6.89. The first-order chi connectivity index (χ1) is 9.70. The zero-order valence-electron chi connectivity index (χ0n) is 11.4. The van der Waals surface area contributed by atoms with Gasteiger partial charge in [-0.05, 0) is 38.1 Å². The summed E-state index contributed by atoms with van der Waals surface area (Å²) in [6.07, 6.45) is 4.92. The van der Waals surface area contributed by atoms with Gasteiger partial charge in [0.2, 0.25) is 0 Å². The summed E-state index contributed by atoms with van der Waals surface area (Å²) < 4.78 is 4.92. The lowest BCUT2D eigenvalue weighted by Gasteiger charge is -2.01. The molecule has 20 heavy (non-hydrogen) atoms. The first-order valence-corrected chi connectivity index (χ1v) is 6.29. The van der Waals surface area contributed by atoms with Crippen molar-refractivity contribution in [3.05, 3.63) is 53.6 Å². The van der Waals surface area contributed by atoms with E-state index in [0.29, 0.717) is 12.2 Å². The topological polar surface area (TPSA) is 64.4 Å². The van der Waals surface area contributed by atoms with E-state index in [1.165, 1.54) is 0 Å². The highest BCUT2D eigenvalue weighted by molar-refractivity contribution is 5.90. The quantitative estimate of drug-likeness (QED) is 0.632. The summed E-state index contributed by atoms with van der Waals surface area (Å²) in [4.78, 5) is 24.1. The number of carbonyl (C=O) groups excluding carboxylic acids is 1. The van der Waals surface area contributed by atoms with Crippen LogP contribution in [0.2, 0.25) is 0 Å². The Bertz CT molecular complexity index is 621. The number of aromatic nitrogens is 2. The molecule has 1 aromatic carbocycles. The van der Waals surface area contributed by atoms with Gasteiger partial charge in [0.25, 0.3) is 0 Å². The maximum atomic E-state index is 11.5. The number of benzene rings is 1. The minimum atomic E-state index is -0.326. The fourth-order valence-electron chi connectivity index (χ4n) is 1.58. The van der Waals surface area contributed by atoms with Crippen molar-refractivity contribution in [3.8, 4) is 0 Å². The van der Waals surface area contributed by atoms with Crippen molar-refractivity contribution in [2.45, 2.75) is 13.8 Å². The molecule has 0 fully saturated rings. The van der Waals surface area contributed by atoms with Crippen LogP contribution in [0.1, 0.15) is 28.7 Å². The number of hydrogen-bond donors (Lipinski definition) is 0. The Hall–Kier alpha value is -2.56. The minimum absolute atomic E-state index is 0.326. The van der Waals surface area contributed by atoms with Crippen LogP contribution in [0.5, 0.6) is 0 Å². The first kappa shape index (κ1) is 13.9. The van der Waals surface area contributed by atoms with Crippen molar-refractivity contribution in [1.29, 1.82) is 0 Å². The van der Waals surface area contributed by atoms with Crippen LogP contribution in [0.25, 0.3) is 0 Å². The van der Waals surface area contributed by atoms with E-state index in [2.05, 4.69) is 15.0 Å². The normalized spacial score (nSPS) is 10.7. The molecule has 0 atom stereocenters. The third-order valence-corrected chi connectivity index (χ3v) is 2.63. The summed E-state index contributed by atoms with van der Waals surface area (Å²) >= 11 is 0. The summed E-state index contributed by atoms with van der Waals surface area (Å²) in [5, 5.41) is 0. The zero-order chi connectivity index (χ0) is 14.4. The number of aliphatic imine (C=N–C) groups is 1. The van der Waals surface area contributed by atoms with Gasteiger partial charge in [-0.25, -0.2) is 4.79 Å². The van der Waals surface area contributed by atoms with Gasteiger partial charge in [-0.1, -0.05) is 0 Å². The van der Waals surface area contributed by atoms with Gasteiger partial charge in [0.1, 0.15) is 5.69 Å². The van der Waals surface area contributed by atoms with Crippen molar-refractivity contribution in [1.82, 2.24) is 9.97 Å². The van der Waals surface area contributed by atoms with E-state index >= 15 is 0 Å². The van der Waals surface area contributed by atoms with Gasteiger partial charge < -0.3 is 4.74 Å². The number of esters is 1. The van der Waals surface area contributed by atoms with Gasteiger partial charge >= 0.3 is 5.97 Å². The van der Waals surface area contributed by atoms with E-state index in [-0.39, 0.29) is 5.97 Å². The molecule has 2 rings (SSSR count). The molecular formula is C15H15N3O2. The lowest BCUT2D eigenvalue weighted by molar-refractivity contribution is 0.0526. The van der Waals surface area contributed by atoms with Gasteiger partial charge in [0.05, 0.1) is 29.8 Å². The number of hydrogen-bond acceptors (Lipinski definition) is 5. The van der Waals surface area contributed by atoms with Crippen LogP contribution >= 0.6 is 0 Å². The molecule has 0 bridgehead atoms. The van der Waals surface area contributed by atoms with Crippen molar-refractivity contribution in [2.75, 3.05) is 6.61 Å². The van der Waals surface area contributed by atoms with E-state index in [0.717, 1.165) is 17.1 Å². The predicted octanol–water partition coefficient (Wildman–Crippen LogP) is 2.71. The Morgan fingerprint density at radius 3 is 2.60 bits per heavy atom. The highest BCUT2D eigenvalue weighted by Crippen LogP contribution is 2.14. The molecule has 0 saturated carbocycles. The Morgan fingerprint density at radius 2 is 1.95 bits per heavy atom. The van der Waals surface area contributed by atoms with Crippen molar-refractivity contribution in [3.63, 3.8) is 0 Å². The molecule has 0 amide bonds. The Labute approximate surface area is 117 Å². The SMILES string of the molecule is CCOC(=O)c1ccc(N=Cc2nccnc2C)cc1. The van der Waals surface area contributed by atoms with Crippen LogP contribution in [0, 0.1) is 6.92 Å². The summed E-state index contributed by atoms with van der Waals surface area (Å²) in [6.45, 7) is 4.02. The first-order valence-electron chi connectivity index (χ1n) is 6.29. The Morgan fingerprint density at radius 1 is 1.25 bits per heavy atom. The number of rotatable bonds is 4. The zero-order valence-corrected chi connectivity index (χ0v) is 11.4. The molecule has 0 saturated heterocycles. The molecule has 0 unspecified atom stereocenters. The smallest absolute Gasteiger partial charge is 0.338 e. The largest absolute Gasteiger partial charge is 0.462 e. The highest BCUT2D eigenvalue weighted by Gasteiger charge is 2.05. The molecule has 2 aromatic rings. The minimum Gasteiger partial charge on any atom is -0.462 e. The monoisotopic (exact) mass is 269 g/mol. The standard InChI is InChI=1S/C15H15N3O2/c1-3-20-15(19)12-4-6-13(7-5-12)18-10-14-11(2)16-8-9-17-14/h4-10H,3H2,1-2H3. The second kappa shape index (κ2) is 6.56. The molecule has 5 heteroatoms. The molecule has 1 aromatic heterocycles. The maximum Gasteiger partial charge on any atom is 0.338 e. The summed E-state index contributed by atoms with van der Waals surface area (Å²) in [5.41, 5.74) is 2.80. The van der Waals surface area contributed by atoms with Crippen LogP contribution in [0.3, 0.4) is 0 Å². The van der Waals surface area contributed by atoms with Crippen molar-refractivity contribution >= 4 is 17.9 Å². The molecule has 0 N–H and O–H groups in total. The molecule has 5 nitrogen and oxygen atoms in total. The van der Waals surface area contributed by atoms with Gasteiger partial charge in [0.15, 0.2) is 0 Å². The molecule has 102 valence electrons. The van der Waals surface area contributed by atoms with Crippen molar-refractivity contribution < 1.29 is 9.53 Å². The van der Waals surface area contributed by atoms with E-state index in [1.807, 2.05) is 6.92 Å². The van der Waals surface area contributed by atoms with Crippen LogP contribution in [0.4, 0.5) is 5.69 Å². The number of nitrogens with zero attached hydrogens (tertiary/aromatic N) is 3. The van der Waals surface area contributed by atoms with Crippen LogP contribution in [-0.4, -0.2) is 28.8 Å². The van der Waals surface area contributed by atoms with Crippen LogP contribution in [-0.2, 0) is 4.74 Å². The lowest BCUT2D eigenvalue weighted by Crippen LogP contribution is -2.03. The van der Waals surface area contributed by atoms with Crippen molar-refractivity contribution in [2.24, 2.45) is 4.99 Å². The molecule has 0 aliphatic rings. The second-order valence-corrected chi connectivity index (χ2v) is 4.05. The third kappa shape index (κ3) is 3.47. The molecule has 1 heterocycles. The van der Waals surface area contributed by atoms with E-state index in [4.69, 9.17) is 4.74 Å². The average molecular weight is 269 g/mol. The van der Waals surface area contributed by atoms with Crippen LogP contribution < -0.4 is 0 Å². The van der Waals surface area contributed by atoms with E-state index in [1.54, 1.807) is 49.8 Å². The molecule has 0 aliphatic carbocycles. The molecule has 0 spiro atoms. The van der Waals surface area contributed by atoms with E-state index < -0.39 is 0 Å².